The highest BCUT2D eigenvalue weighted by molar-refractivity contribution is 4.89. The molecule has 0 amide bonds. The zero-order valence-electron chi connectivity index (χ0n) is 9.60. The molecule has 88 valence electrons. The maximum atomic E-state index is 4.12. The summed E-state index contributed by atoms with van der Waals surface area (Å²) in [5, 5.41) is 11.6. The Kier molecular flexibility index (Phi) is 2.88. The molecule has 1 N–H and O–H groups in total. The molecule has 5 heteroatoms. The lowest BCUT2D eigenvalue weighted by molar-refractivity contribution is 0.217. The van der Waals surface area contributed by atoms with Gasteiger partial charge in [0, 0.05) is 26.2 Å². The van der Waals surface area contributed by atoms with E-state index in [0.717, 1.165) is 44.5 Å². The second kappa shape index (κ2) is 4.51. The van der Waals surface area contributed by atoms with Crippen molar-refractivity contribution in [3.8, 4) is 0 Å². The lowest BCUT2D eigenvalue weighted by atomic mass is 10.3. The molecule has 1 fully saturated rings. The van der Waals surface area contributed by atoms with Gasteiger partial charge in [-0.3, -0.25) is 4.90 Å². The number of rotatable bonds is 5. The van der Waals surface area contributed by atoms with E-state index in [4.69, 9.17) is 0 Å². The fraction of sp³-hybridized carbons (Fsp3) is 0.818. The average molecular weight is 221 g/mol. The van der Waals surface area contributed by atoms with Gasteiger partial charge in [0.25, 0.3) is 0 Å². The van der Waals surface area contributed by atoms with Gasteiger partial charge in [-0.1, -0.05) is 0 Å². The SMILES string of the molecule is c1nnc2n1CCN(CCNCC1CC1)C2. The monoisotopic (exact) mass is 221 g/mol. The van der Waals surface area contributed by atoms with Crippen LogP contribution in [0.25, 0.3) is 0 Å². The molecule has 0 aromatic carbocycles. The summed E-state index contributed by atoms with van der Waals surface area (Å²) in [7, 11) is 0. The van der Waals surface area contributed by atoms with Crippen LogP contribution in [0.4, 0.5) is 0 Å². The van der Waals surface area contributed by atoms with E-state index in [2.05, 4.69) is 25.0 Å². The molecule has 0 unspecified atom stereocenters. The predicted molar refractivity (Wildman–Crippen MR) is 60.9 cm³/mol. The Hall–Kier alpha value is -0.940. The number of nitrogens with one attached hydrogen (secondary N) is 1. The molecule has 0 radical (unpaired) electrons. The third-order valence-electron chi connectivity index (χ3n) is 3.45. The second-order valence-electron chi connectivity index (χ2n) is 4.86. The standard InChI is InChI=1S/C11H19N5/c1-2-10(1)7-12-3-4-15-5-6-16-9-13-14-11(16)8-15/h9-10,12H,1-8H2. The molecule has 1 aromatic rings. The van der Waals surface area contributed by atoms with Crippen molar-refractivity contribution >= 4 is 0 Å². The Bertz CT molecular complexity index is 344. The maximum Gasteiger partial charge on any atom is 0.147 e. The van der Waals surface area contributed by atoms with Crippen LogP contribution in [0.1, 0.15) is 18.7 Å². The van der Waals surface area contributed by atoms with Crippen molar-refractivity contribution in [2.45, 2.75) is 25.9 Å². The lowest BCUT2D eigenvalue weighted by Crippen LogP contribution is -2.38. The van der Waals surface area contributed by atoms with Gasteiger partial charge < -0.3 is 9.88 Å². The molecule has 0 spiro atoms. The summed E-state index contributed by atoms with van der Waals surface area (Å²) < 4.78 is 2.15. The van der Waals surface area contributed by atoms with Crippen LogP contribution < -0.4 is 5.32 Å². The van der Waals surface area contributed by atoms with Crippen molar-refractivity contribution in [3.05, 3.63) is 12.2 Å². The van der Waals surface area contributed by atoms with E-state index in [1.54, 1.807) is 0 Å². The Morgan fingerprint density at radius 3 is 3.19 bits per heavy atom. The van der Waals surface area contributed by atoms with Gasteiger partial charge in [-0.05, 0) is 25.3 Å². The molecule has 16 heavy (non-hydrogen) atoms. The van der Waals surface area contributed by atoms with E-state index >= 15 is 0 Å². The van der Waals surface area contributed by atoms with E-state index in [0.29, 0.717) is 0 Å². The Morgan fingerprint density at radius 2 is 2.31 bits per heavy atom. The van der Waals surface area contributed by atoms with Crippen LogP contribution in [0, 0.1) is 5.92 Å². The van der Waals surface area contributed by atoms with Crippen LogP contribution in [0.2, 0.25) is 0 Å². The van der Waals surface area contributed by atoms with Gasteiger partial charge in [-0.15, -0.1) is 10.2 Å². The zero-order chi connectivity index (χ0) is 10.8. The van der Waals surface area contributed by atoms with Crippen molar-refractivity contribution in [3.63, 3.8) is 0 Å². The number of fused-ring (bicyclic) bond motifs is 1. The predicted octanol–water partition coefficient (Wildman–Crippen LogP) is 0.0933. The molecule has 5 nitrogen and oxygen atoms in total. The molecule has 0 atom stereocenters. The first kappa shape index (κ1) is 10.2. The maximum absolute atomic E-state index is 4.12. The van der Waals surface area contributed by atoms with Crippen LogP contribution in [-0.2, 0) is 13.1 Å². The van der Waals surface area contributed by atoms with E-state index < -0.39 is 0 Å². The normalized spacial score (nSPS) is 21.0. The van der Waals surface area contributed by atoms with Gasteiger partial charge in [0.05, 0.1) is 6.54 Å². The molecule has 2 heterocycles. The van der Waals surface area contributed by atoms with Crippen molar-refractivity contribution < 1.29 is 0 Å². The van der Waals surface area contributed by atoms with Crippen LogP contribution in [0.3, 0.4) is 0 Å². The summed E-state index contributed by atoms with van der Waals surface area (Å²) in [5.41, 5.74) is 0. The molecule has 1 aliphatic heterocycles. The molecule has 0 bridgehead atoms. The molecule has 1 aromatic heterocycles. The van der Waals surface area contributed by atoms with E-state index in [1.165, 1.54) is 19.4 Å². The second-order valence-corrected chi connectivity index (χ2v) is 4.86. The topological polar surface area (TPSA) is 46.0 Å². The Labute approximate surface area is 95.8 Å². The van der Waals surface area contributed by atoms with Crippen molar-refractivity contribution in [2.24, 2.45) is 5.92 Å². The van der Waals surface area contributed by atoms with Gasteiger partial charge in [0.2, 0.25) is 0 Å². The summed E-state index contributed by atoms with van der Waals surface area (Å²) >= 11 is 0. The first-order valence-electron chi connectivity index (χ1n) is 6.21. The van der Waals surface area contributed by atoms with Gasteiger partial charge in [0.1, 0.15) is 12.2 Å². The van der Waals surface area contributed by atoms with Crippen molar-refractivity contribution in [1.29, 1.82) is 0 Å². The Balaban J connectivity index is 1.39. The van der Waals surface area contributed by atoms with Gasteiger partial charge in [0.15, 0.2) is 0 Å². The Morgan fingerprint density at radius 1 is 1.38 bits per heavy atom. The first-order chi connectivity index (χ1) is 7.92. The summed E-state index contributed by atoms with van der Waals surface area (Å²) in [4.78, 5) is 2.45. The summed E-state index contributed by atoms with van der Waals surface area (Å²) in [6, 6.07) is 0. The van der Waals surface area contributed by atoms with E-state index in [-0.39, 0.29) is 0 Å². The number of hydrogen-bond donors (Lipinski definition) is 1. The highest BCUT2D eigenvalue weighted by Gasteiger charge is 2.20. The van der Waals surface area contributed by atoms with Crippen molar-refractivity contribution in [1.82, 2.24) is 25.0 Å². The summed E-state index contributed by atoms with van der Waals surface area (Å²) in [5.74, 6) is 2.08. The van der Waals surface area contributed by atoms with E-state index in [1.807, 2.05) is 6.33 Å². The molecule has 1 aliphatic carbocycles. The van der Waals surface area contributed by atoms with Crippen molar-refractivity contribution in [2.75, 3.05) is 26.2 Å². The van der Waals surface area contributed by atoms with Crippen LogP contribution in [0.15, 0.2) is 6.33 Å². The summed E-state index contributed by atoms with van der Waals surface area (Å²) in [6.07, 6.45) is 4.69. The fourth-order valence-corrected chi connectivity index (χ4v) is 2.17. The smallest absolute Gasteiger partial charge is 0.147 e. The van der Waals surface area contributed by atoms with Crippen LogP contribution in [-0.4, -0.2) is 45.8 Å². The number of aromatic nitrogens is 3. The zero-order valence-corrected chi connectivity index (χ0v) is 9.60. The van der Waals surface area contributed by atoms with Crippen LogP contribution in [0.5, 0.6) is 0 Å². The molecular formula is C11H19N5. The third kappa shape index (κ3) is 2.41. The van der Waals surface area contributed by atoms with Crippen LogP contribution >= 0.6 is 0 Å². The highest BCUT2D eigenvalue weighted by Crippen LogP contribution is 2.27. The van der Waals surface area contributed by atoms with Gasteiger partial charge >= 0.3 is 0 Å². The largest absolute Gasteiger partial charge is 0.315 e. The van der Waals surface area contributed by atoms with Gasteiger partial charge in [-0.25, -0.2) is 0 Å². The highest BCUT2D eigenvalue weighted by atomic mass is 15.3. The van der Waals surface area contributed by atoms with E-state index in [9.17, 15) is 0 Å². The third-order valence-corrected chi connectivity index (χ3v) is 3.45. The lowest BCUT2D eigenvalue weighted by Gasteiger charge is -2.26. The molecular weight excluding hydrogens is 202 g/mol. The average Bonchev–Trinajstić information content (AvgIpc) is 3.01. The first-order valence-corrected chi connectivity index (χ1v) is 6.21. The summed E-state index contributed by atoms with van der Waals surface area (Å²) in [6.45, 7) is 6.54. The molecule has 1 saturated carbocycles. The number of hydrogen-bond acceptors (Lipinski definition) is 4. The molecule has 2 aliphatic rings. The minimum absolute atomic E-state index is 0.950. The minimum Gasteiger partial charge on any atom is -0.315 e. The minimum atomic E-state index is 0.950. The number of nitrogens with zero attached hydrogens (tertiary/aromatic N) is 4. The quantitative estimate of drug-likeness (QED) is 0.716. The molecule has 3 rings (SSSR count). The fourth-order valence-electron chi connectivity index (χ4n) is 2.17. The molecule has 0 saturated heterocycles. The van der Waals surface area contributed by atoms with Gasteiger partial charge in [-0.2, -0.15) is 0 Å².